The Morgan fingerprint density at radius 1 is 1.33 bits per heavy atom. The van der Waals surface area contributed by atoms with Crippen molar-refractivity contribution in [2.24, 2.45) is 0 Å². The number of aromatic nitrogens is 3. The quantitative estimate of drug-likeness (QED) is 0.200. The van der Waals surface area contributed by atoms with Gasteiger partial charge in [0.2, 0.25) is 0 Å². The van der Waals surface area contributed by atoms with E-state index in [9.17, 15) is 20.0 Å². The third kappa shape index (κ3) is 6.21. The van der Waals surface area contributed by atoms with Crippen molar-refractivity contribution in [2.75, 3.05) is 13.2 Å². The number of nitro benzene ring substituents is 1. The molecule has 3 aromatic rings. The van der Waals surface area contributed by atoms with Gasteiger partial charge in [-0.25, -0.2) is 9.97 Å². The molecular formula is C22H29N5O5Si. The van der Waals surface area contributed by atoms with E-state index >= 15 is 0 Å². The standard InChI is InChI=1S/C22H29N5O5Si/c1-15(28)11-23-22(29)18-12-26(14-32-8-9-33(2,3)4)21-19(18)20(24-13-25-21)16-6-5-7-17(10-16)27(30)31/h5-7,10,12-13,15,28H,8-9,11,14H2,1-4H3,(H,23,29). The first-order chi connectivity index (χ1) is 15.6. The zero-order valence-corrected chi connectivity index (χ0v) is 20.2. The fourth-order valence-electron chi connectivity index (χ4n) is 3.26. The number of amides is 1. The Morgan fingerprint density at radius 3 is 2.76 bits per heavy atom. The van der Waals surface area contributed by atoms with E-state index in [1.54, 1.807) is 29.8 Å². The third-order valence-electron chi connectivity index (χ3n) is 5.01. The zero-order valence-electron chi connectivity index (χ0n) is 19.2. The Labute approximate surface area is 192 Å². The molecule has 10 nitrogen and oxygen atoms in total. The Bertz CT molecular complexity index is 1160. The lowest BCUT2D eigenvalue weighted by molar-refractivity contribution is -0.384. The van der Waals surface area contributed by atoms with E-state index in [-0.39, 0.29) is 19.0 Å². The maximum atomic E-state index is 13.0. The first-order valence-corrected chi connectivity index (χ1v) is 14.4. The predicted molar refractivity (Wildman–Crippen MR) is 128 cm³/mol. The van der Waals surface area contributed by atoms with Crippen LogP contribution in [0.15, 0.2) is 36.8 Å². The fourth-order valence-corrected chi connectivity index (χ4v) is 4.01. The van der Waals surface area contributed by atoms with Gasteiger partial charge in [0, 0.05) is 45.1 Å². The number of carbonyl (C=O) groups is 1. The van der Waals surface area contributed by atoms with Crippen LogP contribution in [0.5, 0.6) is 0 Å². The largest absolute Gasteiger partial charge is 0.392 e. The van der Waals surface area contributed by atoms with E-state index in [1.165, 1.54) is 18.5 Å². The summed E-state index contributed by atoms with van der Waals surface area (Å²) < 4.78 is 7.60. The molecule has 33 heavy (non-hydrogen) atoms. The Hall–Kier alpha value is -3.15. The van der Waals surface area contributed by atoms with Crippen LogP contribution in [0.1, 0.15) is 17.3 Å². The van der Waals surface area contributed by atoms with Gasteiger partial charge in [-0.05, 0) is 13.0 Å². The van der Waals surface area contributed by atoms with Crippen LogP contribution < -0.4 is 5.32 Å². The van der Waals surface area contributed by atoms with Gasteiger partial charge in [0.05, 0.1) is 27.7 Å². The number of aliphatic hydroxyl groups is 1. The van der Waals surface area contributed by atoms with Crippen molar-refractivity contribution in [3.05, 3.63) is 52.5 Å². The van der Waals surface area contributed by atoms with Gasteiger partial charge >= 0.3 is 0 Å². The minimum atomic E-state index is -1.25. The van der Waals surface area contributed by atoms with Crippen molar-refractivity contribution >= 4 is 30.7 Å². The summed E-state index contributed by atoms with van der Waals surface area (Å²) in [7, 11) is -1.25. The maximum absolute atomic E-state index is 13.0. The molecule has 0 spiro atoms. The van der Waals surface area contributed by atoms with Gasteiger partial charge < -0.3 is 19.7 Å². The normalized spacial score (nSPS) is 12.6. The summed E-state index contributed by atoms with van der Waals surface area (Å²) >= 11 is 0. The van der Waals surface area contributed by atoms with Gasteiger partial charge in [-0.2, -0.15) is 0 Å². The Balaban J connectivity index is 2.05. The average molecular weight is 472 g/mol. The number of fused-ring (bicyclic) bond motifs is 1. The van der Waals surface area contributed by atoms with E-state index in [0.717, 1.165) is 6.04 Å². The molecule has 0 bridgehead atoms. The van der Waals surface area contributed by atoms with Crippen LogP contribution in [0, 0.1) is 10.1 Å². The molecule has 2 heterocycles. The molecule has 11 heteroatoms. The summed E-state index contributed by atoms with van der Waals surface area (Å²) in [5.74, 6) is -0.400. The molecule has 2 N–H and O–H groups in total. The van der Waals surface area contributed by atoms with Gasteiger partial charge in [0.15, 0.2) is 0 Å². The van der Waals surface area contributed by atoms with Gasteiger partial charge in [-0.1, -0.05) is 31.8 Å². The van der Waals surface area contributed by atoms with Crippen molar-refractivity contribution in [3.8, 4) is 11.3 Å². The molecule has 0 aliphatic rings. The summed E-state index contributed by atoms with van der Waals surface area (Å²) in [6.45, 7) is 9.27. The number of non-ortho nitro benzene ring substituents is 1. The summed E-state index contributed by atoms with van der Waals surface area (Å²) in [4.78, 5) is 32.5. The summed E-state index contributed by atoms with van der Waals surface area (Å²) in [5.41, 5.74) is 1.63. The molecule has 0 saturated heterocycles. The lowest BCUT2D eigenvalue weighted by atomic mass is 10.1. The number of carbonyl (C=O) groups excluding carboxylic acids is 1. The molecule has 0 aliphatic carbocycles. The molecule has 1 unspecified atom stereocenters. The van der Waals surface area contributed by atoms with Gasteiger partial charge in [0.1, 0.15) is 18.7 Å². The van der Waals surface area contributed by atoms with Crippen LogP contribution in [0.4, 0.5) is 5.69 Å². The van der Waals surface area contributed by atoms with Crippen molar-refractivity contribution in [3.63, 3.8) is 0 Å². The number of aliphatic hydroxyl groups excluding tert-OH is 1. The second-order valence-corrected chi connectivity index (χ2v) is 14.8. The summed E-state index contributed by atoms with van der Waals surface area (Å²) in [6.07, 6.45) is 2.30. The molecule has 1 amide bonds. The smallest absolute Gasteiger partial charge is 0.270 e. The number of nitro groups is 1. The first kappa shape index (κ1) is 24.5. The van der Waals surface area contributed by atoms with Crippen LogP contribution in [-0.2, 0) is 11.5 Å². The number of benzene rings is 1. The van der Waals surface area contributed by atoms with Gasteiger partial charge in [0.25, 0.3) is 11.6 Å². The van der Waals surface area contributed by atoms with Crippen LogP contribution in [0.2, 0.25) is 25.7 Å². The van der Waals surface area contributed by atoms with E-state index in [2.05, 4.69) is 34.9 Å². The number of rotatable bonds is 10. The second kappa shape index (κ2) is 10.2. The maximum Gasteiger partial charge on any atom is 0.270 e. The highest BCUT2D eigenvalue weighted by Crippen LogP contribution is 2.31. The molecule has 1 aromatic carbocycles. The number of hydrogen-bond donors (Lipinski definition) is 2. The van der Waals surface area contributed by atoms with E-state index < -0.39 is 25.0 Å². The number of ether oxygens (including phenoxy) is 1. The topological polar surface area (TPSA) is 132 Å². The number of nitrogens with one attached hydrogen (secondary N) is 1. The molecule has 0 saturated carbocycles. The van der Waals surface area contributed by atoms with Crippen molar-refractivity contribution in [1.29, 1.82) is 0 Å². The minimum Gasteiger partial charge on any atom is -0.392 e. The highest BCUT2D eigenvalue weighted by Gasteiger charge is 2.22. The molecular weight excluding hydrogens is 442 g/mol. The van der Waals surface area contributed by atoms with Crippen LogP contribution in [0.25, 0.3) is 22.3 Å². The Kier molecular flexibility index (Phi) is 7.56. The molecule has 1 atom stereocenters. The summed E-state index contributed by atoms with van der Waals surface area (Å²) in [5, 5.41) is 24.0. The molecule has 0 radical (unpaired) electrons. The second-order valence-electron chi connectivity index (χ2n) is 9.15. The molecule has 0 aliphatic heterocycles. The zero-order chi connectivity index (χ0) is 24.2. The highest BCUT2D eigenvalue weighted by atomic mass is 28.3. The molecule has 0 fully saturated rings. The number of nitrogens with zero attached hydrogens (tertiary/aromatic N) is 4. The van der Waals surface area contributed by atoms with Gasteiger partial charge in [-0.3, -0.25) is 14.9 Å². The fraction of sp³-hybridized carbons (Fsp3) is 0.409. The predicted octanol–water partition coefficient (Wildman–Crippen LogP) is 3.43. The van der Waals surface area contributed by atoms with E-state index in [0.29, 0.717) is 34.5 Å². The van der Waals surface area contributed by atoms with E-state index in [1.807, 2.05) is 0 Å². The van der Waals surface area contributed by atoms with Gasteiger partial charge in [-0.15, -0.1) is 0 Å². The van der Waals surface area contributed by atoms with E-state index in [4.69, 9.17) is 4.74 Å². The molecule has 2 aromatic heterocycles. The SMILES string of the molecule is CC(O)CNC(=O)c1cn(COCC[Si](C)(C)C)c2ncnc(-c3cccc([N+](=O)[O-])c3)c12. The first-order valence-electron chi connectivity index (χ1n) is 10.7. The van der Waals surface area contributed by atoms with Crippen molar-refractivity contribution in [2.45, 2.75) is 45.4 Å². The van der Waals surface area contributed by atoms with Crippen molar-refractivity contribution in [1.82, 2.24) is 19.9 Å². The number of hydrogen-bond acceptors (Lipinski definition) is 7. The summed E-state index contributed by atoms with van der Waals surface area (Å²) in [6, 6.07) is 7.09. The third-order valence-corrected chi connectivity index (χ3v) is 6.72. The average Bonchev–Trinajstić information content (AvgIpc) is 3.13. The monoisotopic (exact) mass is 471 g/mol. The van der Waals surface area contributed by atoms with Crippen molar-refractivity contribution < 1.29 is 19.6 Å². The highest BCUT2D eigenvalue weighted by molar-refractivity contribution is 6.76. The minimum absolute atomic E-state index is 0.0755. The molecule has 3 rings (SSSR count). The lowest BCUT2D eigenvalue weighted by Gasteiger charge is -2.15. The van der Waals surface area contributed by atoms with Crippen LogP contribution in [0.3, 0.4) is 0 Å². The van der Waals surface area contributed by atoms with Crippen LogP contribution in [-0.4, -0.2) is 57.8 Å². The molecule has 176 valence electrons. The Morgan fingerprint density at radius 2 is 2.09 bits per heavy atom. The lowest BCUT2D eigenvalue weighted by Crippen LogP contribution is -2.30. The van der Waals surface area contributed by atoms with Crippen LogP contribution >= 0.6 is 0 Å².